The van der Waals surface area contributed by atoms with Gasteiger partial charge in [0, 0.05) is 12.7 Å². The Hall–Kier alpha value is -1.06. The van der Waals surface area contributed by atoms with Crippen LogP contribution in [0.3, 0.4) is 0 Å². The van der Waals surface area contributed by atoms with Crippen molar-refractivity contribution < 1.29 is 34.3 Å². The number of rotatable bonds is 2. The molecule has 2 heterocycles. The molecule has 7 heteroatoms. The van der Waals surface area contributed by atoms with E-state index in [1.165, 1.54) is 7.11 Å². The molecule has 0 aromatic heterocycles. The van der Waals surface area contributed by atoms with Crippen LogP contribution >= 0.6 is 0 Å². The highest BCUT2D eigenvalue weighted by molar-refractivity contribution is 5.16. The molecule has 2 aliphatic heterocycles. The molecule has 2 aliphatic rings. The third kappa shape index (κ3) is 2.89. The van der Waals surface area contributed by atoms with E-state index < -0.39 is 43.1 Å². The first-order chi connectivity index (χ1) is 10.6. The molecule has 0 amide bonds. The van der Waals surface area contributed by atoms with Gasteiger partial charge in [-0.25, -0.2) is 0 Å². The molecule has 7 atom stereocenters. The lowest BCUT2D eigenvalue weighted by atomic mass is 10.00. The number of methoxy groups -OCH3 is 1. The zero-order chi connectivity index (χ0) is 15.7. The summed E-state index contributed by atoms with van der Waals surface area (Å²) in [6, 6.07) is 9.28. The summed E-state index contributed by atoms with van der Waals surface area (Å²) >= 11 is 0. The van der Waals surface area contributed by atoms with Crippen LogP contribution in [0.4, 0.5) is 0 Å². The minimum absolute atomic E-state index is 0.153. The fourth-order valence-electron chi connectivity index (χ4n) is 2.75. The van der Waals surface area contributed by atoms with Gasteiger partial charge in [0.1, 0.15) is 30.5 Å². The van der Waals surface area contributed by atoms with Crippen LogP contribution in [0, 0.1) is 0 Å². The summed E-state index contributed by atoms with van der Waals surface area (Å²) in [6.45, 7) is 0.153. The molecule has 122 valence electrons. The van der Waals surface area contributed by atoms with E-state index in [0.717, 1.165) is 5.56 Å². The first-order valence-corrected chi connectivity index (χ1v) is 7.16. The van der Waals surface area contributed by atoms with Crippen molar-refractivity contribution in [3.8, 4) is 0 Å². The van der Waals surface area contributed by atoms with Crippen LogP contribution in [0.5, 0.6) is 0 Å². The number of hydrogen-bond acceptors (Lipinski definition) is 7. The van der Waals surface area contributed by atoms with Crippen molar-refractivity contribution in [2.24, 2.45) is 0 Å². The number of hydrogen-bond donors (Lipinski definition) is 3. The molecule has 3 N–H and O–H groups in total. The predicted octanol–water partition coefficient (Wildman–Crippen LogP) is -0.445. The highest BCUT2D eigenvalue weighted by atomic mass is 16.7. The lowest BCUT2D eigenvalue weighted by molar-refractivity contribution is -0.301. The van der Waals surface area contributed by atoms with E-state index in [2.05, 4.69) is 0 Å². The molecule has 1 aromatic carbocycles. The van der Waals surface area contributed by atoms with E-state index in [1.807, 2.05) is 30.3 Å². The fourth-order valence-corrected chi connectivity index (χ4v) is 2.75. The normalized spacial score (nSPS) is 42.5. The summed E-state index contributed by atoms with van der Waals surface area (Å²) in [5.74, 6) is 0. The second kappa shape index (κ2) is 6.59. The molecule has 1 aromatic rings. The molecule has 0 radical (unpaired) electrons. The number of fused-ring (bicyclic) bond motifs is 1. The van der Waals surface area contributed by atoms with Crippen LogP contribution in [-0.4, -0.2) is 65.8 Å². The van der Waals surface area contributed by atoms with Crippen LogP contribution in [-0.2, 0) is 18.9 Å². The smallest absolute Gasteiger partial charge is 0.186 e. The zero-order valence-corrected chi connectivity index (χ0v) is 12.1. The number of aliphatic hydroxyl groups excluding tert-OH is 3. The van der Waals surface area contributed by atoms with Crippen LogP contribution in [0.25, 0.3) is 0 Å². The number of aliphatic hydroxyl groups is 3. The van der Waals surface area contributed by atoms with Crippen LogP contribution < -0.4 is 0 Å². The Morgan fingerprint density at radius 2 is 1.73 bits per heavy atom. The highest BCUT2D eigenvalue weighted by Gasteiger charge is 2.48. The maximum atomic E-state index is 10.3. The molecule has 1 unspecified atom stereocenters. The quantitative estimate of drug-likeness (QED) is 0.681. The Balaban J connectivity index is 1.80. The lowest BCUT2D eigenvalue weighted by Crippen LogP contribution is -2.51. The second-order valence-corrected chi connectivity index (χ2v) is 5.43. The van der Waals surface area contributed by atoms with E-state index in [4.69, 9.17) is 18.9 Å². The minimum Gasteiger partial charge on any atom is -0.387 e. The van der Waals surface area contributed by atoms with Crippen molar-refractivity contribution in [2.75, 3.05) is 13.7 Å². The van der Waals surface area contributed by atoms with Gasteiger partial charge < -0.3 is 34.3 Å². The molecule has 2 saturated heterocycles. The van der Waals surface area contributed by atoms with Crippen LogP contribution in [0.1, 0.15) is 11.9 Å². The first-order valence-electron chi connectivity index (χ1n) is 7.16. The molecule has 22 heavy (non-hydrogen) atoms. The summed E-state index contributed by atoms with van der Waals surface area (Å²) in [7, 11) is 1.35. The Bertz CT molecular complexity index is 482. The van der Waals surface area contributed by atoms with Crippen molar-refractivity contribution in [1.82, 2.24) is 0 Å². The summed E-state index contributed by atoms with van der Waals surface area (Å²) in [4.78, 5) is 0. The summed E-state index contributed by atoms with van der Waals surface area (Å²) in [5.41, 5.74) is 0.802. The molecule has 2 fully saturated rings. The Labute approximate surface area is 128 Å². The molecule has 0 bridgehead atoms. The topological polar surface area (TPSA) is 97.6 Å². The average Bonchev–Trinajstić information content (AvgIpc) is 2.66. The molecular formula is C15H20O7. The number of ether oxygens (including phenoxy) is 4. The molecule has 3 rings (SSSR count). The van der Waals surface area contributed by atoms with Gasteiger partial charge in [-0.2, -0.15) is 0 Å². The van der Waals surface area contributed by atoms with Gasteiger partial charge >= 0.3 is 0 Å². The van der Waals surface area contributed by atoms with Gasteiger partial charge in [-0.3, -0.25) is 0 Å². The molecule has 0 saturated carbocycles. The molecule has 7 nitrogen and oxygen atoms in total. The third-order valence-corrected chi connectivity index (χ3v) is 3.99. The zero-order valence-electron chi connectivity index (χ0n) is 12.1. The van der Waals surface area contributed by atoms with Gasteiger partial charge in [0.2, 0.25) is 0 Å². The van der Waals surface area contributed by atoms with Gasteiger partial charge in [-0.05, 0) is 0 Å². The SMILES string of the molecule is CO[C@@H]1O[C@@H]2COC(c3ccccc3)O[C@H]2[C@H](O)[C@@H](O)[C@H]1O. The Morgan fingerprint density at radius 3 is 2.41 bits per heavy atom. The standard InChI is InChI=1S/C15H20O7/c1-19-15-12(18)10(16)11(17)13-9(21-15)7-20-14(22-13)8-5-3-2-4-6-8/h2-6,9-18H,7H2,1H3/t9-,10-,11-,12-,13-,14?,15-/m1/s1. The Morgan fingerprint density at radius 1 is 1.00 bits per heavy atom. The monoisotopic (exact) mass is 312 g/mol. The van der Waals surface area contributed by atoms with Crippen molar-refractivity contribution >= 4 is 0 Å². The van der Waals surface area contributed by atoms with E-state index in [9.17, 15) is 15.3 Å². The number of benzene rings is 1. The van der Waals surface area contributed by atoms with E-state index >= 15 is 0 Å². The van der Waals surface area contributed by atoms with Crippen molar-refractivity contribution in [1.29, 1.82) is 0 Å². The largest absolute Gasteiger partial charge is 0.387 e. The van der Waals surface area contributed by atoms with Gasteiger partial charge in [-0.15, -0.1) is 0 Å². The fraction of sp³-hybridized carbons (Fsp3) is 0.600. The van der Waals surface area contributed by atoms with Crippen LogP contribution in [0.15, 0.2) is 30.3 Å². The Kier molecular flexibility index (Phi) is 4.74. The van der Waals surface area contributed by atoms with Crippen LogP contribution in [0.2, 0.25) is 0 Å². The van der Waals surface area contributed by atoms with Crippen molar-refractivity contribution in [2.45, 2.75) is 43.1 Å². The summed E-state index contributed by atoms with van der Waals surface area (Å²) in [5, 5.41) is 30.3. The van der Waals surface area contributed by atoms with E-state index in [0.29, 0.717) is 0 Å². The maximum Gasteiger partial charge on any atom is 0.186 e. The van der Waals surface area contributed by atoms with Crippen molar-refractivity contribution in [3.63, 3.8) is 0 Å². The van der Waals surface area contributed by atoms with Crippen molar-refractivity contribution in [3.05, 3.63) is 35.9 Å². The van der Waals surface area contributed by atoms with Gasteiger partial charge in [0.05, 0.1) is 6.61 Å². The lowest BCUT2D eigenvalue weighted by Gasteiger charge is -2.37. The summed E-state index contributed by atoms with van der Waals surface area (Å²) in [6.07, 6.45) is -7.31. The van der Waals surface area contributed by atoms with Gasteiger partial charge in [0.15, 0.2) is 12.6 Å². The third-order valence-electron chi connectivity index (χ3n) is 3.99. The van der Waals surface area contributed by atoms with Gasteiger partial charge in [0.25, 0.3) is 0 Å². The minimum atomic E-state index is -1.44. The molecule has 0 aliphatic carbocycles. The van der Waals surface area contributed by atoms with Gasteiger partial charge in [-0.1, -0.05) is 30.3 Å². The average molecular weight is 312 g/mol. The van der Waals surface area contributed by atoms with E-state index in [-0.39, 0.29) is 6.61 Å². The molecule has 0 spiro atoms. The second-order valence-electron chi connectivity index (χ2n) is 5.43. The maximum absolute atomic E-state index is 10.3. The first kappa shape index (κ1) is 15.8. The van der Waals surface area contributed by atoms with E-state index in [1.54, 1.807) is 0 Å². The summed E-state index contributed by atoms with van der Waals surface area (Å²) < 4.78 is 21.9. The predicted molar refractivity (Wildman–Crippen MR) is 73.7 cm³/mol. The highest BCUT2D eigenvalue weighted by Crippen LogP contribution is 2.33. The molecular weight excluding hydrogens is 292 g/mol.